The number of carbonyl (C=O) groups is 1. The molecule has 0 bridgehead atoms. The van der Waals surface area contributed by atoms with E-state index in [-0.39, 0.29) is 17.4 Å². The number of hydrogen-bond donors (Lipinski definition) is 1. The van der Waals surface area contributed by atoms with Crippen LogP contribution in [0.4, 0.5) is 0 Å². The second-order valence-electron chi connectivity index (χ2n) is 8.57. The SMILES string of the molecule is Cc1cc(C)c(C)c(OC(C)C(=O)NC(C)c2ccc(C(C)(C)C)cc2)c1. The van der Waals surface area contributed by atoms with Crippen LogP contribution in [0.1, 0.15) is 68.5 Å². The fourth-order valence-corrected chi connectivity index (χ4v) is 3.05. The number of ether oxygens (including phenoxy) is 1. The van der Waals surface area contributed by atoms with Crippen LogP contribution in [-0.2, 0) is 10.2 Å². The van der Waals surface area contributed by atoms with Gasteiger partial charge in [-0.05, 0) is 73.9 Å². The van der Waals surface area contributed by atoms with E-state index in [1.807, 2.05) is 26.8 Å². The zero-order valence-electron chi connectivity index (χ0n) is 17.9. The Kier molecular flexibility index (Phi) is 6.35. The predicted molar refractivity (Wildman–Crippen MR) is 112 cm³/mol. The highest BCUT2D eigenvalue weighted by atomic mass is 16.5. The van der Waals surface area contributed by atoms with Crippen LogP contribution in [0.2, 0.25) is 0 Å². The highest BCUT2D eigenvalue weighted by Crippen LogP contribution is 2.25. The maximum Gasteiger partial charge on any atom is 0.261 e. The molecule has 0 aliphatic carbocycles. The quantitative estimate of drug-likeness (QED) is 0.752. The number of carbonyl (C=O) groups excluding carboxylic acids is 1. The smallest absolute Gasteiger partial charge is 0.261 e. The first-order valence-electron chi connectivity index (χ1n) is 9.64. The summed E-state index contributed by atoms with van der Waals surface area (Å²) in [5.41, 5.74) is 5.87. The topological polar surface area (TPSA) is 38.3 Å². The van der Waals surface area contributed by atoms with E-state index >= 15 is 0 Å². The average Bonchev–Trinajstić information content (AvgIpc) is 2.58. The number of benzene rings is 2. The Morgan fingerprint density at radius 3 is 2.15 bits per heavy atom. The van der Waals surface area contributed by atoms with Crippen LogP contribution in [0.25, 0.3) is 0 Å². The summed E-state index contributed by atoms with van der Waals surface area (Å²) in [7, 11) is 0. The van der Waals surface area contributed by atoms with Gasteiger partial charge in [-0.2, -0.15) is 0 Å². The van der Waals surface area contributed by atoms with Crippen LogP contribution in [0.15, 0.2) is 36.4 Å². The maximum absolute atomic E-state index is 12.6. The van der Waals surface area contributed by atoms with Gasteiger partial charge in [-0.3, -0.25) is 4.79 Å². The van der Waals surface area contributed by atoms with E-state index in [2.05, 4.69) is 63.3 Å². The van der Waals surface area contributed by atoms with E-state index in [9.17, 15) is 4.79 Å². The first-order chi connectivity index (χ1) is 12.5. The van der Waals surface area contributed by atoms with Gasteiger partial charge in [-0.1, -0.05) is 51.1 Å². The number of nitrogens with one attached hydrogen (secondary N) is 1. The highest BCUT2D eigenvalue weighted by molar-refractivity contribution is 5.81. The third-order valence-electron chi connectivity index (χ3n) is 5.07. The van der Waals surface area contributed by atoms with Crippen LogP contribution in [0.5, 0.6) is 5.75 Å². The first-order valence-corrected chi connectivity index (χ1v) is 9.64. The standard InChI is InChI=1S/C24H33NO2/c1-15-13-16(2)17(3)22(14-15)27-19(5)23(26)25-18(4)20-9-11-21(12-10-20)24(6,7)8/h9-14,18-19H,1-8H3,(H,25,26). The van der Waals surface area contributed by atoms with E-state index in [0.717, 1.165) is 22.4 Å². The number of rotatable bonds is 5. The zero-order chi connectivity index (χ0) is 20.4. The van der Waals surface area contributed by atoms with Crippen LogP contribution in [0.3, 0.4) is 0 Å². The summed E-state index contributed by atoms with van der Waals surface area (Å²) < 4.78 is 5.96. The predicted octanol–water partition coefficient (Wildman–Crippen LogP) is 5.55. The van der Waals surface area contributed by atoms with Gasteiger partial charge in [-0.25, -0.2) is 0 Å². The molecule has 3 heteroatoms. The molecule has 2 rings (SSSR count). The van der Waals surface area contributed by atoms with Crippen molar-refractivity contribution >= 4 is 5.91 Å². The maximum atomic E-state index is 12.6. The molecule has 1 amide bonds. The third kappa shape index (κ3) is 5.35. The van der Waals surface area contributed by atoms with Gasteiger partial charge in [0, 0.05) is 0 Å². The molecule has 2 aromatic carbocycles. The van der Waals surface area contributed by atoms with Gasteiger partial charge in [0.2, 0.25) is 0 Å². The monoisotopic (exact) mass is 367 g/mol. The van der Waals surface area contributed by atoms with Crippen LogP contribution in [0, 0.1) is 20.8 Å². The molecule has 0 heterocycles. The molecule has 0 aliphatic rings. The second-order valence-corrected chi connectivity index (χ2v) is 8.57. The third-order valence-corrected chi connectivity index (χ3v) is 5.07. The Morgan fingerprint density at radius 2 is 1.59 bits per heavy atom. The minimum absolute atomic E-state index is 0.0714. The van der Waals surface area contributed by atoms with Crippen molar-refractivity contribution in [3.63, 3.8) is 0 Å². The van der Waals surface area contributed by atoms with Crippen molar-refractivity contribution < 1.29 is 9.53 Å². The summed E-state index contributed by atoms with van der Waals surface area (Å²) in [4.78, 5) is 12.6. The lowest BCUT2D eigenvalue weighted by atomic mass is 9.86. The van der Waals surface area contributed by atoms with Crippen molar-refractivity contribution in [1.82, 2.24) is 5.32 Å². The van der Waals surface area contributed by atoms with Crippen LogP contribution >= 0.6 is 0 Å². The Morgan fingerprint density at radius 1 is 1.00 bits per heavy atom. The first kappa shape index (κ1) is 21.0. The van der Waals surface area contributed by atoms with Gasteiger partial charge < -0.3 is 10.1 Å². The summed E-state index contributed by atoms with van der Waals surface area (Å²) in [6, 6.07) is 12.5. The Balaban J connectivity index is 2.03. The summed E-state index contributed by atoms with van der Waals surface area (Å²) in [6.45, 7) is 16.5. The van der Waals surface area contributed by atoms with E-state index in [4.69, 9.17) is 4.74 Å². The molecule has 0 fully saturated rings. The minimum atomic E-state index is -0.554. The van der Waals surface area contributed by atoms with E-state index < -0.39 is 6.10 Å². The highest BCUT2D eigenvalue weighted by Gasteiger charge is 2.20. The molecule has 2 aromatic rings. The molecule has 146 valence electrons. The van der Waals surface area contributed by atoms with Gasteiger partial charge in [0.05, 0.1) is 6.04 Å². The fourth-order valence-electron chi connectivity index (χ4n) is 3.05. The van der Waals surface area contributed by atoms with Crippen molar-refractivity contribution in [2.45, 2.75) is 73.0 Å². The fraction of sp³-hybridized carbons (Fsp3) is 0.458. The molecule has 0 saturated heterocycles. The van der Waals surface area contributed by atoms with Crippen molar-refractivity contribution in [3.8, 4) is 5.75 Å². The Bertz CT molecular complexity index is 800. The Hall–Kier alpha value is -2.29. The van der Waals surface area contributed by atoms with Crippen LogP contribution in [-0.4, -0.2) is 12.0 Å². The van der Waals surface area contributed by atoms with Crippen molar-refractivity contribution in [2.75, 3.05) is 0 Å². The summed E-state index contributed by atoms with van der Waals surface area (Å²) >= 11 is 0. The molecular formula is C24H33NO2. The lowest BCUT2D eigenvalue weighted by molar-refractivity contribution is -0.127. The largest absolute Gasteiger partial charge is 0.481 e. The van der Waals surface area contributed by atoms with Gasteiger partial charge in [0.15, 0.2) is 6.10 Å². The molecule has 2 atom stereocenters. The summed E-state index contributed by atoms with van der Waals surface area (Å²) in [6.07, 6.45) is -0.554. The molecule has 0 spiro atoms. The molecule has 2 unspecified atom stereocenters. The zero-order valence-corrected chi connectivity index (χ0v) is 17.9. The van der Waals surface area contributed by atoms with Gasteiger partial charge >= 0.3 is 0 Å². The molecular weight excluding hydrogens is 334 g/mol. The van der Waals surface area contributed by atoms with Gasteiger partial charge in [0.1, 0.15) is 5.75 Å². The van der Waals surface area contributed by atoms with Gasteiger partial charge in [-0.15, -0.1) is 0 Å². The number of aryl methyl sites for hydroxylation is 2. The normalized spacial score (nSPS) is 13.8. The van der Waals surface area contributed by atoms with Crippen molar-refractivity contribution in [1.29, 1.82) is 0 Å². The Labute approximate surface area is 164 Å². The summed E-state index contributed by atoms with van der Waals surface area (Å²) in [5, 5.41) is 3.06. The second kappa shape index (κ2) is 8.16. The molecule has 1 N–H and O–H groups in total. The van der Waals surface area contributed by atoms with Crippen molar-refractivity contribution in [3.05, 3.63) is 64.2 Å². The van der Waals surface area contributed by atoms with E-state index in [1.54, 1.807) is 6.92 Å². The molecule has 0 radical (unpaired) electrons. The van der Waals surface area contributed by atoms with Crippen LogP contribution < -0.4 is 10.1 Å². The molecule has 0 saturated carbocycles. The van der Waals surface area contributed by atoms with Crippen molar-refractivity contribution in [2.24, 2.45) is 0 Å². The number of amides is 1. The molecule has 27 heavy (non-hydrogen) atoms. The number of hydrogen-bond acceptors (Lipinski definition) is 2. The minimum Gasteiger partial charge on any atom is -0.481 e. The molecule has 0 aliphatic heterocycles. The lowest BCUT2D eigenvalue weighted by Crippen LogP contribution is -2.37. The van der Waals surface area contributed by atoms with E-state index in [1.165, 1.54) is 11.1 Å². The lowest BCUT2D eigenvalue weighted by Gasteiger charge is -2.22. The van der Waals surface area contributed by atoms with E-state index in [0.29, 0.717) is 0 Å². The van der Waals surface area contributed by atoms with Gasteiger partial charge in [0.25, 0.3) is 5.91 Å². The molecule has 0 aromatic heterocycles. The summed E-state index contributed by atoms with van der Waals surface area (Å²) in [5.74, 6) is 0.665. The molecule has 3 nitrogen and oxygen atoms in total. The average molecular weight is 368 g/mol.